The Morgan fingerprint density at radius 3 is 1.74 bits per heavy atom. The van der Waals surface area contributed by atoms with Gasteiger partial charge in [-0.05, 0) is 59.7 Å². The van der Waals surface area contributed by atoms with Gasteiger partial charge >= 0.3 is 0 Å². The van der Waals surface area contributed by atoms with Crippen molar-refractivity contribution < 1.29 is 0 Å². The molecule has 1 heterocycles. The number of fused-ring (bicyclic) bond motifs is 1. The number of para-hydroxylation sites is 3. The van der Waals surface area contributed by atoms with E-state index in [1.165, 1.54) is 11.1 Å². The van der Waals surface area contributed by atoms with Crippen molar-refractivity contribution in [2.24, 2.45) is 0 Å². The predicted octanol–water partition coefficient (Wildman–Crippen LogP) is 8.10. The van der Waals surface area contributed by atoms with Gasteiger partial charge in [0.1, 0.15) is 5.82 Å². The highest BCUT2D eigenvalue weighted by molar-refractivity contribution is 5.83. The van der Waals surface area contributed by atoms with Crippen molar-refractivity contribution in [2.45, 2.75) is 0 Å². The lowest BCUT2D eigenvalue weighted by atomic mass is 10.0. The fourth-order valence-corrected chi connectivity index (χ4v) is 4.31. The van der Waals surface area contributed by atoms with Crippen LogP contribution in [0.25, 0.3) is 39.2 Å². The molecule has 162 valence electrons. The van der Waals surface area contributed by atoms with E-state index in [1.807, 2.05) is 30.3 Å². The van der Waals surface area contributed by atoms with E-state index in [9.17, 15) is 0 Å². The summed E-state index contributed by atoms with van der Waals surface area (Å²) in [6.45, 7) is 0. The summed E-state index contributed by atoms with van der Waals surface area (Å²) < 4.78 is 2.24. The first-order chi connectivity index (χ1) is 16.8. The van der Waals surface area contributed by atoms with Gasteiger partial charge in [-0.2, -0.15) is 0 Å². The molecule has 1 N–H and O–H groups in total. The molecule has 0 saturated heterocycles. The Morgan fingerprint density at radius 2 is 1.03 bits per heavy atom. The van der Waals surface area contributed by atoms with Crippen molar-refractivity contribution in [3.8, 4) is 28.2 Å². The third-order valence-electron chi connectivity index (χ3n) is 6.00. The third-order valence-corrected chi connectivity index (χ3v) is 6.00. The van der Waals surface area contributed by atoms with Gasteiger partial charge in [-0.15, -0.1) is 0 Å². The number of benzene rings is 5. The quantitative estimate of drug-likeness (QED) is 0.295. The normalized spacial score (nSPS) is 10.9. The van der Waals surface area contributed by atoms with Crippen molar-refractivity contribution in [1.29, 1.82) is 0 Å². The van der Waals surface area contributed by atoms with Gasteiger partial charge in [-0.1, -0.05) is 84.9 Å². The fourth-order valence-electron chi connectivity index (χ4n) is 4.31. The Labute approximate surface area is 199 Å². The summed E-state index contributed by atoms with van der Waals surface area (Å²) in [5, 5.41) is 3.44. The number of anilines is 2. The zero-order valence-electron chi connectivity index (χ0n) is 18.6. The minimum absolute atomic E-state index is 0.950. The number of rotatable bonds is 5. The Balaban J connectivity index is 1.33. The second-order valence-electron chi connectivity index (χ2n) is 8.24. The average molecular weight is 438 g/mol. The molecule has 0 bridgehead atoms. The van der Waals surface area contributed by atoms with Crippen molar-refractivity contribution in [3.63, 3.8) is 0 Å². The number of nitrogens with zero attached hydrogens (tertiary/aromatic N) is 2. The molecule has 6 rings (SSSR count). The van der Waals surface area contributed by atoms with Gasteiger partial charge in [0.15, 0.2) is 0 Å². The maximum Gasteiger partial charge on any atom is 0.145 e. The summed E-state index contributed by atoms with van der Waals surface area (Å²) in [5.74, 6) is 0.950. The lowest BCUT2D eigenvalue weighted by Crippen LogP contribution is -1.97. The van der Waals surface area contributed by atoms with E-state index in [4.69, 9.17) is 4.98 Å². The van der Waals surface area contributed by atoms with Gasteiger partial charge in [0, 0.05) is 22.6 Å². The van der Waals surface area contributed by atoms with Crippen molar-refractivity contribution >= 4 is 22.4 Å². The van der Waals surface area contributed by atoms with Crippen LogP contribution < -0.4 is 5.32 Å². The number of nitrogens with one attached hydrogen (secondary N) is 1. The molecule has 0 unspecified atom stereocenters. The van der Waals surface area contributed by atoms with Crippen molar-refractivity contribution in [1.82, 2.24) is 9.55 Å². The lowest BCUT2D eigenvalue weighted by Gasteiger charge is -2.11. The van der Waals surface area contributed by atoms with Crippen molar-refractivity contribution in [3.05, 3.63) is 133 Å². The van der Waals surface area contributed by atoms with Gasteiger partial charge in [0.25, 0.3) is 0 Å². The fraction of sp³-hybridized carbons (Fsp3) is 0. The van der Waals surface area contributed by atoms with Crippen LogP contribution in [0.15, 0.2) is 133 Å². The molecule has 5 aromatic carbocycles. The number of hydrogen-bond donors (Lipinski definition) is 1. The number of hydrogen-bond acceptors (Lipinski definition) is 2. The summed E-state index contributed by atoms with van der Waals surface area (Å²) >= 11 is 0. The first kappa shape index (κ1) is 20.0. The minimum atomic E-state index is 0.950. The molecule has 0 saturated carbocycles. The van der Waals surface area contributed by atoms with E-state index in [-0.39, 0.29) is 0 Å². The highest BCUT2D eigenvalue weighted by Gasteiger charge is 2.14. The zero-order chi connectivity index (χ0) is 22.7. The maximum atomic E-state index is 4.94. The summed E-state index contributed by atoms with van der Waals surface area (Å²) in [6.07, 6.45) is 0. The number of imidazole rings is 1. The topological polar surface area (TPSA) is 29.9 Å². The Bertz CT molecular complexity index is 1530. The Kier molecular flexibility index (Phi) is 5.13. The standard InChI is InChI=1S/C31H23N3/c1-3-9-25(10-4-1)31-33-29-13-7-8-14-30(29)34(31)28-21-17-24(18-22-28)23-15-19-27(20-16-23)32-26-11-5-2-6-12-26/h1-22,32H. The molecule has 0 fully saturated rings. The Morgan fingerprint density at radius 1 is 0.471 bits per heavy atom. The van der Waals surface area contributed by atoms with Crippen LogP contribution in [0.3, 0.4) is 0 Å². The molecule has 0 atom stereocenters. The van der Waals surface area contributed by atoms with Gasteiger partial charge in [0.05, 0.1) is 11.0 Å². The van der Waals surface area contributed by atoms with Crippen LogP contribution in [0, 0.1) is 0 Å². The van der Waals surface area contributed by atoms with E-state index < -0.39 is 0 Å². The van der Waals surface area contributed by atoms with Crippen LogP contribution in [0.2, 0.25) is 0 Å². The highest BCUT2D eigenvalue weighted by Crippen LogP contribution is 2.30. The third kappa shape index (κ3) is 3.84. The molecule has 3 heteroatoms. The summed E-state index contributed by atoms with van der Waals surface area (Å²) in [5.41, 5.74) is 8.82. The molecule has 0 radical (unpaired) electrons. The first-order valence-electron chi connectivity index (χ1n) is 11.4. The van der Waals surface area contributed by atoms with Crippen LogP contribution in [0.1, 0.15) is 0 Å². The molecule has 0 amide bonds. The van der Waals surface area contributed by atoms with E-state index in [2.05, 4.69) is 113 Å². The smallest absolute Gasteiger partial charge is 0.145 e. The maximum absolute atomic E-state index is 4.94. The van der Waals surface area contributed by atoms with E-state index in [1.54, 1.807) is 0 Å². The van der Waals surface area contributed by atoms with Gasteiger partial charge in [-0.25, -0.2) is 4.98 Å². The number of aromatic nitrogens is 2. The lowest BCUT2D eigenvalue weighted by molar-refractivity contribution is 1.10. The van der Waals surface area contributed by atoms with Gasteiger partial charge in [-0.3, -0.25) is 4.57 Å². The molecule has 3 nitrogen and oxygen atoms in total. The predicted molar refractivity (Wildman–Crippen MR) is 142 cm³/mol. The summed E-state index contributed by atoms with van der Waals surface area (Å²) in [7, 11) is 0. The molecule has 0 aliphatic carbocycles. The van der Waals surface area contributed by atoms with Gasteiger partial charge in [0.2, 0.25) is 0 Å². The van der Waals surface area contributed by atoms with Crippen molar-refractivity contribution in [2.75, 3.05) is 5.32 Å². The highest BCUT2D eigenvalue weighted by atomic mass is 15.1. The van der Waals surface area contributed by atoms with E-state index >= 15 is 0 Å². The molecular weight excluding hydrogens is 414 g/mol. The van der Waals surface area contributed by atoms with E-state index in [0.717, 1.165) is 39.5 Å². The second-order valence-corrected chi connectivity index (χ2v) is 8.24. The first-order valence-corrected chi connectivity index (χ1v) is 11.4. The van der Waals surface area contributed by atoms with E-state index in [0.29, 0.717) is 0 Å². The summed E-state index contributed by atoms with van der Waals surface area (Å²) in [4.78, 5) is 4.94. The van der Waals surface area contributed by atoms with Crippen LogP contribution in [0.4, 0.5) is 11.4 Å². The summed E-state index contributed by atoms with van der Waals surface area (Å²) in [6, 6.07) is 46.1. The molecule has 1 aromatic heterocycles. The largest absolute Gasteiger partial charge is 0.356 e. The van der Waals surface area contributed by atoms with Gasteiger partial charge < -0.3 is 5.32 Å². The molecule has 6 aromatic rings. The second kappa shape index (κ2) is 8.72. The van der Waals surface area contributed by atoms with Crippen LogP contribution in [0.5, 0.6) is 0 Å². The molecule has 0 spiro atoms. The zero-order valence-corrected chi connectivity index (χ0v) is 18.6. The molecule has 0 aliphatic rings. The SMILES string of the molecule is c1ccc(Nc2ccc(-c3ccc(-n4c(-c5ccccc5)nc5ccccc54)cc3)cc2)cc1. The minimum Gasteiger partial charge on any atom is -0.356 e. The molecule has 34 heavy (non-hydrogen) atoms. The van der Waals surface area contributed by atoms with Crippen LogP contribution in [-0.4, -0.2) is 9.55 Å². The van der Waals surface area contributed by atoms with Crippen LogP contribution >= 0.6 is 0 Å². The van der Waals surface area contributed by atoms with Crippen LogP contribution in [-0.2, 0) is 0 Å². The monoisotopic (exact) mass is 437 g/mol. The molecular formula is C31H23N3. The average Bonchev–Trinajstić information content (AvgIpc) is 3.30. The Hall–Kier alpha value is -4.63. The molecule has 0 aliphatic heterocycles.